The van der Waals surface area contributed by atoms with E-state index in [0.29, 0.717) is 44.0 Å². The molecule has 0 aliphatic heterocycles. The predicted molar refractivity (Wildman–Crippen MR) is 128 cm³/mol. The molecule has 0 bridgehead atoms. The molecule has 0 saturated carbocycles. The Morgan fingerprint density at radius 3 is 2.52 bits per heavy atom. The van der Waals surface area contributed by atoms with Gasteiger partial charge in [0.2, 0.25) is 0 Å². The number of fused-ring (bicyclic) bond motifs is 3. The summed E-state index contributed by atoms with van der Waals surface area (Å²) in [4.78, 5) is 7.50. The fraction of sp³-hybridized carbons (Fsp3) is 0.0417. The van der Waals surface area contributed by atoms with Crippen molar-refractivity contribution < 1.29 is 22.8 Å². The van der Waals surface area contributed by atoms with Crippen LogP contribution in [0.3, 0.4) is 0 Å². The Morgan fingerprint density at radius 2 is 1.79 bits per heavy atom. The fourth-order valence-corrected chi connectivity index (χ4v) is 4.62. The monoisotopic (exact) mass is 480 g/mol. The van der Waals surface area contributed by atoms with Crippen molar-refractivity contribution in [3.63, 3.8) is 0 Å². The Hall–Kier alpha value is -3.59. The number of benzene rings is 4. The van der Waals surface area contributed by atoms with Gasteiger partial charge in [-0.3, -0.25) is 4.55 Å². The van der Waals surface area contributed by atoms with Gasteiger partial charge >= 0.3 is 0 Å². The molecule has 0 spiro atoms. The molecule has 0 aliphatic carbocycles. The number of phenols is 1. The van der Waals surface area contributed by atoms with E-state index in [4.69, 9.17) is 16.3 Å². The zero-order valence-electron chi connectivity index (χ0n) is 17.2. The van der Waals surface area contributed by atoms with Crippen LogP contribution in [0, 0.1) is 0 Å². The van der Waals surface area contributed by atoms with Gasteiger partial charge in [-0.25, -0.2) is 4.98 Å². The van der Waals surface area contributed by atoms with Crippen molar-refractivity contribution in [2.45, 2.75) is 4.90 Å². The van der Waals surface area contributed by atoms with E-state index < -0.39 is 10.1 Å². The van der Waals surface area contributed by atoms with Crippen LogP contribution in [0.1, 0.15) is 0 Å². The number of nitrogens with zero attached hydrogens (tertiary/aromatic N) is 1. The van der Waals surface area contributed by atoms with Gasteiger partial charge < -0.3 is 14.8 Å². The maximum absolute atomic E-state index is 11.5. The normalized spacial score (nSPS) is 11.8. The summed E-state index contributed by atoms with van der Waals surface area (Å²) in [6, 6.07) is 18.9. The highest BCUT2D eigenvalue weighted by Gasteiger charge is 2.18. The van der Waals surface area contributed by atoms with Crippen molar-refractivity contribution in [1.82, 2.24) is 9.97 Å². The minimum Gasteiger partial charge on any atom is -0.507 e. The number of aromatic hydroxyl groups is 1. The Morgan fingerprint density at radius 1 is 1.00 bits per heavy atom. The first-order valence-corrected chi connectivity index (χ1v) is 11.6. The number of phenolic OH excluding ortho intramolecular Hbond substituents is 1. The lowest BCUT2D eigenvalue weighted by atomic mass is 10.0. The zero-order chi connectivity index (χ0) is 23.3. The van der Waals surface area contributed by atoms with Crippen molar-refractivity contribution in [2.24, 2.45) is 0 Å². The average Bonchev–Trinajstić information content (AvgIpc) is 3.22. The van der Waals surface area contributed by atoms with Crippen LogP contribution >= 0.6 is 11.6 Å². The average molecular weight is 481 g/mol. The number of rotatable bonds is 4. The number of nitrogens with one attached hydrogen (secondary N) is 1. The van der Waals surface area contributed by atoms with Gasteiger partial charge in [0.25, 0.3) is 10.1 Å². The lowest BCUT2D eigenvalue weighted by molar-refractivity contribution is 0.416. The number of aromatic amines is 1. The number of hydrogen-bond acceptors (Lipinski definition) is 5. The van der Waals surface area contributed by atoms with Gasteiger partial charge in [-0.15, -0.1) is 0 Å². The third kappa shape index (κ3) is 3.78. The number of imidazole rings is 1. The second kappa shape index (κ2) is 7.77. The van der Waals surface area contributed by atoms with Crippen molar-refractivity contribution in [2.75, 3.05) is 7.11 Å². The standard InChI is InChI=1S/C24H17ClN2O5S/c1-32-21-11-14(13-3-2-4-16(25)9-13)5-7-18(21)24-26-19-8-6-15-10-17(33(29,30)31)12-20(28)22(15)23(19)27-24/h2-12,28H,1H3,(H,26,27)(H,29,30,31). The van der Waals surface area contributed by atoms with Gasteiger partial charge in [0.1, 0.15) is 22.8 Å². The molecule has 9 heteroatoms. The molecule has 0 fully saturated rings. The van der Waals surface area contributed by atoms with Gasteiger partial charge in [-0.05, 0) is 52.9 Å². The molecule has 0 unspecified atom stereocenters. The van der Waals surface area contributed by atoms with Crippen LogP contribution < -0.4 is 4.74 Å². The Balaban J connectivity index is 1.66. The summed E-state index contributed by atoms with van der Waals surface area (Å²) in [6.07, 6.45) is 0. The van der Waals surface area contributed by atoms with Gasteiger partial charge in [0.15, 0.2) is 0 Å². The molecule has 166 valence electrons. The van der Waals surface area contributed by atoms with E-state index >= 15 is 0 Å². The number of H-pyrrole nitrogens is 1. The molecular weight excluding hydrogens is 464 g/mol. The summed E-state index contributed by atoms with van der Waals surface area (Å²) in [6.45, 7) is 0. The van der Waals surface area contributed by atoms with Crippen molar-refractivity contribution in [1.29, 1.82) is 0 Å². The molecule has 0 aliphatic rings. The van der Waals surface area contributed by atoms with E-state index in [9.17, 15) is 18.1 Å². The molecule has 0 atom stereocenters. The van der Waals surface area contributed by atoms with E-state index in [2.05, 4.69) is 9.97 Å². The second-order valence-corrected chi connectivity index (χ2v) is 9.35. The first-order valence-electron chi connectivity index (χ1n) is 9.82. The molecule has 4 aromatic carbocycles. The largest absolute Gasteiger partial charge is 0.507 e. The minimum atomic E-state index is -4.46. The number of methoxy groups -OCH3 is 1. The van der Waals surface area contributed by atoms with Gasteiger partial charge in [-0.1, -0.05) is 35.9 Å². The number of ether oxygens (including phenoxy) is 1. The van der Waals surface area contributed by atoms with E-state index in [0.717, 1.165) is 17.2 Å². The van der Waals surface area contributed by atoms with Gasteiger partial charge in [0, 0.05) is 11.1 Å². The molecule has 0 amide bonds. The second-order valence-electron chi connectivity index (χ2n) is 7.49. The van der Waals surface area contributed by atoms with E-state index in [-0.39, 0.29) is 10.6 Å². The van der Waals surface area contributed by atoms with Crippen LogP contribution in [-0.4, -0.2) is 35.2 Å². The first kappa shape index (κ1) is 21.3. The third-order valence-electron chi connectivity index (χ3n) is 5.43. The first-order chi connectivity index (χ1) is 15.7. The van der Waals surface area contributed by atoms with Crippen LogP contribution in [0.15, 0.2) is 71.6 Å². The third-order valence-corrected chi connectivity index (χ3v) is 6.50. The summed E-state index contributed by atoms with van der Waals surface area (Å²) < 4.78 is 38.0. The lowest BCUT2D eigenvalue weighted by Gasteiger charge is -2.09. The topological polar surface area (TPSA) is 113 Å². The highest BCUT2D eigenvalue weighted by molar-refractivity contribution is 7.85. The highest BCUT2D eigenvalue weighted by Crippen LogP contribution is 2.38. The highest BCUT2D eigenvalue weighted by atomic mass is 35.5. The summed E-state index contributed by atoms with van der Waals surface area (Å²) in [5, 5.41) is 11.9. The molecule has 1 heterocycles. The minimum absolute atomic E-state index is 0.299. The molecule has 0 saturated heterocycles. The molecule has 1 aromatic heterocycles. The van der Waals surface area contributed by atoms with E-state index in [1.54, 1.807) is 19.2 Å². The lowest BCUT2D eigenvalue weighted by Crippen LogP contribution is -1.97. The quantitative estimate of drug-likeness (QED) is 0.286. The summed E-state index contributed by atoms with van der Waals surface area (Å²) in [7, 11) is -2.89. The maximum Gasteiger partial charge on any atom is 0.294 e. The maximum atomic E-state index is 11.5. The Labute approximate surface area is 194 Å². The molecule has 5 rings (SSSR count). The Kier molecular flexibility index (Phi) is 5.01. The fourth-order valence-electron chi connectivity index (χ4n) is 3.89. The van der Waals surface area contributed by atoms with E-state index in [1.807, 2.05) is 42.5 Å². The van der Waals surface area contributed by atoms with Crippen molar-refractivity contribution in [3.05, 3.63) is 71.8 Å². The van der Waals surface area contributed by atoms with Gasteiger partial charge in [-0.2, -0.15) is 8.42 Å². The molecule has 3 N–H and O–H groups in total. The zero-order valence-corrected chi connectivity index (χ0v) is 18.8. The van der Waals surface area contributed by atoms with Crippen molar-refractivity contribution in [3.8, 4) is 34.0 Å². The van der Waals surface area contributed by atoms with Crippen molar-refractivity contribution >= 4 is 43.5 Å². The van der Waals surface area contributed by atoms with E-state index in [1.165, 1.54) is 6.07 Å². The number of aromatic nitrogens is 2. The smallest absolute Gasteiger partial charge is 0.294 e. The summed E-state index contributed by atoms with van der Waals surface area (Å²) in [5.74, 6) is 0.811. The van der Waals surface area contributed by atoms with Crippen LogP contribution in [0.4, 0.5) is 0 Å². The van der Waals surface area contributed by atoms with Gasteiger partial charge in [0.05, 0.1) is 28.5 Å². The number of hydrogen-bond donors (Lipinski definition) is 3. The van der Waals surface area contributed by atoms with Crippen LogP contribution in [0.25, 0.3) is 44.3 Å². The molecule has 33 heavy (non-hydrogen) atoms. The SMILES string of the molecule is COc1cc(-c2cccc(Cl)c2)ccc1-c1nc2c(ccc3cc(S(=O)(=O)O)cc(O)c32)[nH]1. The summed E-state index contributed by atoms with van der Waals surface area (Å²) in [5.41, 5.74) is 3.69. The summed E-state index contributed by atoms with van der Waals surface area (Å²) >= 11 is 6.12. The molecule has 7 nitrogen and oxygen atoms in total. The van der Waals surface area contributed by atoms with Crippen LogP contribution in [-0.2, 0) is 10.1 Å². The Bertz CT molecular complexity index is 1660. The predicted octanol–water partition coefficient (Wildman–Crippen LogP) is 5.66. The van der Waals surface area contributed by atoms with Crippen LogP contribution in [0.2, 0.25) is 5.02 Å². The molecule has 5 aromatic rings. The molecule has 0 radical (unpaired) electrons. The number of halogens is 1. The molecular formula is C24H17ClN2O5S. The van der Waals surface area contributed by atoms with Crippen LogP contribution in [0.5, 0.6) is 11.5 Å².